The van der Waals surface area contributed by atoms with Crippen LogP contribution in [-0.2, 0) is 4.79 Å². The number of carboxylic acid groups (broad SMARTS) is 1. The van der Waals surface area contributed by atoms with E-state index in [1.165, 1.54) is 13.2 Å². The Morgan fingerprint density at radius 3 is 2.56 bits per heavy atom. The van der Waals surface area contributed by atoms with E-state index in [0.29, 0.717) is 29.2 Å². The Kier molecular flexibility index (Phi) is 7.42. The summed E-state index contributed by atoms with van der Waals surface area (Å²) < 4.78 is 11.6. The molecule has 1 amide bonds. The van der Waals surface area contributed by atoms with Gasteiger partial charge in [-0.3, -0.25) is 4.79 Å². The van der Waals surface area contributed by atoms with E-state index in [9.17, 15) is 14.7 Å². The SMILES string of the molecule is C=CCOc1c(I)cc(/C=C(/NC(=O)c2ccccc2)C(=O)O)cc1OC. The van der Waals surface area contributed by atoms with Crippen molar-refractivity contribution in [3.8, 4) is 11.5 Å². The fourth-order valence-electron chi connectivity index (χ4n) is 2.21. The molecule has 27 heavy (non-hydrogen) atoms. The molecule has 0 heterocycles. The molecule has 140 valence electrons. The number of hydrogen-bond donors (Lipinski definition) is 2. The fraction of sp³-hybridized carbons (Fsp3) is 0.100. The van der Waals surface area contributed by atoms with E-state index in [4.69, 9.17) is 9.47 Å². The Balaban J connectivity index is 2.34. The highest BCUT2D eigenvalue weighted by Gasteiger charge is 2.15. The summed E-state index contributed by atoms with van der Waals surface area (Å²) in [4.78, 5) is 23.8. The van der Waals surface area contributed by atoms with Gasteiger partial charge in [0.25, 0.3) is 5.91 Å². The predicted octanol–water partition coefficient (Wildman–Crippen LogP) is 3.72. The Morgan fingerprint density at radius 1 is 1.26 bits per heavy atom. The first-order chi connectivity index (χ1) is 13.0. The summed E-state index contributed by atoms with van der Waals surface area (Å²) in [6.07, 6.45) is 2.98. The molecule has 0 saturated heterocycles. The molecule has 2 aromatic carbocycles. The van der Waals surface area contributed by atoms with Crippen molar-refractivity contribution in [3.05, 3.63) is 75.5 Å². The topological polar surface area (TPSA) is 84.9 Å². The average Bonchev–Trinajstić information content (AvgIpc) is 2.66. The molecule has 6 nitrogen and oxygen atoms in total. The highest BCUT2D eigenvalue weighted by Crippen LogP contribution is 2.34. The third kappa shape index (κ3) is 5.58. The van der Waals surface area contributed by atoms with Crippen LogP contribution in [0.3, 0.4) is 0 Å². The van der Waals surface area contributed by atoms with Crippen molar-refractivity contribution in [3.63, 3.8) is 0 Å². The largest absolute Gasteiger partial charge is 0.493 e. The number of methoxy groups -OCH3 is 1. The van der Waals surface area contributed by atoms with E-state index in [2.05, 4.69) is 34.5 Å². The first kappa shape index (κ1) is 20.5. The minimum Gasteiger partial charge on any atom is -0.493 e. The van der Waals surface area contributed by atoms with Crippen molar-refractivity contribution < 1.29 is 24.2 Å². The van der Waals surface area contributed by atoms with Crippen LogP contribution in [-0.4, -0.2) is 30.7 Å². The van der Waals surface area contributed by atoms with Crippen molar-refractivity contribution in [2.75, 3.05) is 13.7 Å². The molecule has 0 radical (unpaired) electrons. The minimum atomic E-state index is -1.25. The molecule has 0 bridgehead atoms. The highest BCUT2D eigenvalue weighted by atomic mass is 127. The molecule has 0 saturated carbocycles. The second kappa shape index (κ2) is 9.77. The average molecular weight is 479 g/mol. The fourth-order valence-corrected chi connectivity index (χ4v) is 2.99. The number of carbonyl (C=O) groups is 2. The maximum atomic E-state index is 12.2. The Morgan fingerprint density at radius 2 is 1.96 bits per heavy atom. The van der Waals surface area contributed by atoms with E-state index in [1.807, 2.05) is 0 Å². The minimum absolute atomic E-state index is 0.249. The second-order valence-electron chi connectivity index (χ2n) is 5.32. The normalized spacial score (nSPS) is 10.8. The van der Waals surface area contributed by atoms with Crippen LogP contribution in [0, 0.1) is 3.57 Å². The molecule has 0 atom stereocenters. The lowest BCUT2D eigenvalue weighted by Crippen LogP contribution is -2.27. The lowest BCUT2D eigenvalue weighted by molar-refractivity contribution is -0.132. The summed E-state index contributed by atoms with van der Waals surface area (Å²) in [5.41, 5.74) is 0.666. The number of halogens is 1. The van der Waals surface area contributed by atoms with Crippen molar-refractivity contribution in [2.45, 2.75) is 0 Å². The van der Waals surface area contributed by atoms with E-state index in [1.54, 1.807) is 48.5 Å². The van der Waals surface area contributed by atoms with Crippen molar-refractivity contribution in [1.29, 1.82) is 0 Å². The number of benzene rings is 2. The van der Waals surface area contributed by atoms with Gasteiger partial charge < -0.3 is 19.9 Å². The van der Waals surface area contributed by atoms with Crippen molar-refractivity contribution in [2.24, 2.45) is 0 Å². The smallest absolute Gasteiger partial charge is 0.352 e. The molecule has 0 aliphatic carbocycles. The first-order valence-corrected chi connectivity index (χ1v) is 8.96. The maximum absolute atomic E-state index is 12.2. The summed E-state index contributed by atoms with van der Waals surface area (Å²) in [5.74, 6) is -0.758. The highest BCUT2D eigenvalue weighted by molar-refractivity contribution is 14.1. The molecule has 0 aliphatic rings. The number of hydrogen-bond acceptors (Lipinski definition) is 4. The Bertz CT molecular complexity index is 877. The zero-order valence-corrected chi connectivity index (χ0v) is 16.7. The van der Waals surface area contributed by atoms with Gasteiger partial charge in [-0.15, -0.1) is 0 Å². The van der Waals surface area contributed by atoms with Crippen LogP contribution >= 0.6 is 22.6 Å². The molecular weight excluding hydrogens is 461 g/mol. The van der Waals surface area contributed by atoms with Crippen LogP contribution in [0.4, 0.5) is 0 Å². The zero-order chi connectivity index (χ0) is 19.8. The number of carbonyl (C=O) groups excluding carboxylic acids is 1. The van der Waals surface area contributed by atoms with Crippen LogP contribution in [0.2, 0.25) is 0 Å². The summed E-state index contributed by atoms with van der Waals surface area (Å²) in [7, 11) is 1.50. The van der Waals surface area contributed by atoms with Gasteiger partial charge in [0.1, 0.15) is 12.3 Å². The van der Waals surface area contributed by atoms with Crippen LogP contribution in [0.5, 0.6) is 11.5 Å². The second-order valence-corrected chi connectivity index (χ2v) is 6.48. The quantitative estimate of drug-likeness (QED) is 0.343. The van der Waals surface area contributed by atoms with Crippen LogP contribution < -0.4 is 14.8 Å². The number of ether oxygens (including phenoxy) is 2. The number of nitrogens with one attached hydrogen (secondary N) is 1. The summed E-state index contributed by atoms with van der Waals surface area (Å²) >= 11 is 2.07. The molecule has 2 rings (SSSR count). The van der Waals surface area contributed by atoms with Gasteiger partial charge in [-0.25, -0.2) is 4.79 Å². The third-order valence-electron chi connectivity index (χ3n) is 3.42. The Labute approximate surface area is 170 Å². The Hall–Kier alpha value is -2.81. The molecule has 0 aromatic heterocycles. The van der Waals surface area contributed by atoms with Crippen LogP contribution in [0.1, 0.15) is 15.9 Å². The van der Waals surface area contributed by atoms with Gasteiger partial charge in [-0.1, -0.05) is 30.9 Å². The number of aliphatic carboxylic acids is 1. The van der Waals surface area contributed by atoms with Gasteiger partial charge in [-0.05, 0) is 58.5 Å². The van der Waals surface area contributed by atoms with Gasteiger partial charge in [0.15, 0.2) is 11.5 Å². The lowest BCUT2D eigenvalue weighted by atomic mass is 10.1. The molecule has 7 heteroatoms. The van der Waals surface area contributed by atoms with Crippen LogP contribution in [0.25, 0.3) is 6.08 Å². The monoisotopic (exact) mass is 479 g/mol. The summed E-state index contributed by atoms with van der Waals surface area (Å²) in [6.45, 7) is 3.92. The molecule has 0 spiro atoms. The van der Waals surface area contributed by atoms with Gasteiger partial charge in [0.2, 0.25) is 0 Å². The van der Waals surface area contributed by atoms with Crippen molar-refractivity contribution in [1.82, 2.24) is 5.32 Å². The van der Waals surface area contributed by atoms with Gasteiger partial charge >= 0.3 is 5.97 Å². The molecular formula is C20H18INO5. The molecule has 0 aliphatic heterocycles. The van der Waals surface area contributed by atoms with E-state index < -0.39 is 11.9 Å². The summed E-state index contributed by atoms with van der Waals surface area (Å²) in [5, 5.41) is 11.9. The summed E-state index contributed by atoms with van der Waals surface area (Å²) in [6, 6.07) is 11.8. The molecule has 0 fully saturated rings. The molecule has 2 N–H and O–H groups in total. The van der Waals surface area contributed by atoms with E-state index in [0.717, 1.165) is 3.57 Å². The van der Waals surface area contributed by atoms with Gasteiger partial charge in [-0.2, -0.15) is 0 Å². The van der Waals surface area contributed by atoms with E-state index >= 15 is 0 Å². The molecule has 0 unspecified atom stereocenters. The lowest BCUT2D eigenvalue weighted by Gasteiger charge is -2.13. The maximum Gasteiger partial charge on any atom is 0.352 e. The number of carboxylic acids is 1. The number of amides is 1. The van der Waals surface area contributed by atoms with E-state index in [-0.39, 0.29) is 5.70 Å². The standard InChI is InChI=1S/C20H18INO5/c1-3-9-27-18-15(21)10-13(12-17(18)26-2)11-16(20(24)25)22-19(23)14-7-5-4-6-8-14/h3-8,10-12H,1,9H2,2H3,(H,22,23)(H,24,25)/b16-11+. The van der Waals surface area contributed by atoms with Crippen LogP contribution in [0.15, 0.2) is 60.8 Å². The third-order valence-corrected chi connectivity index (χ3v) is 4.22. The van der Waals surface area contributed by atoms with Gasteiger partial charge in [0, 0.05) is 5.56 Å². The zero-order valence-electron chi connectivity index (χ0n) is 14.6. The number of rotatable bonds is 8. The first-order valence-electron chi connectivity index (χ1n) is 7.89. The predicted molar refractivity (Wildman–Crippen MR) is 111 cm³/mol. The van der Waals surface area contributed by atoms with Gasteiger partial charge in [0.05, 0.1) is 10.7 Å². The van der Waals surface area contributed by atoms with Crippen molar-refractivity contribution >= 4 is 40.5 Å². The molecule has 2 aromatic rings.